The molecule has 0 aromatic heterocycles. The maximum absolute atomic E-state index is 9.52. The first-order valence-corrected chi connectivity index (χ1v) is 1.96. The molecule has 0 amide bonds. The number of hydrogen-bond donors (Lipinski definition) is 0. The van der Waals surface area contributed by atoms with Crippen LogP contribution >= 0.6 is 0 Å². The molecule has 0 fully saturated rings. The molecule has 0 saturated heterocycles. The van der Waals surface area contributed by atoms with Gasteiger partial charge in [-0.15, -0.1) is 6.58 Å². The van der Waals surface area contributed by atoms with E-state index in [4.69, 9.17) is 0 Å². The van der Waals surface area contributed by atoms with E-state index in [9.17, 15) is 4.79 Å². The number of aldehydes is 1. The molecular formula is C5H9NaO. The summed E-state index contributed by atoms with van der Waals surface area (Å²) in [5.41, 5.74) is 0. The number of unbranched alkanes of at least 4 members (excludes halogenated alkanes) is 1. The monoisotopic (exact) mass is 108 g/mol. The molecule has 0 bridgehead atoms. The smallest absolute Gasteiger partial charge is 1.00 e. The van der Waals surface area contributed by atoms with E-state index < -0.39 is 0 Å². The molecule has 0 aromatic carbocycles. The summed E-state index contributed by atoms with van der Waals surface area (Å²) in [4.78, 5) is 9.52. The van der Waals surface area contributed by atoms with Gasteiger partial charge in [0.25, 0.3) is 0 Å². The van der Waals surface area contributed by atoms with Gasteiger partial charge in [-0.2, -0.15) is 0 Å². The van der Waals surface area contributed by atoms with Crippen LogP contribution in [0.2, 0.25) is 0 Å². The minimum Gasteiger partial charge on any atom is -1.00 e. The molecule has 1 nitrogen and oxygen atoms in total. The first-order valence-electron chi connectivity index (χ1n) is 1.96. The largest absolute Gasteiger partial charge is 1.00 e. The molecule has 0 aromatic rings. The Hall–Kier alpha value is 0.410. The second kappa shape index (κ2) is 9.65. The van der Waals surface area contributed by atoms with Gasteiger partial charge in [0.05, 0.1) is 0 Å². The van der Waals surface area contributed by atoms with Gasteiger partial charge in [-0.1, -0.05) is 6.08 Å². The van der Waals surface area contributed by atoms with Crippen LogP contribution in [0.1, 0.15) is 14.3 Å². The van der Waals surface area contributed by atoms with Crippen LogP contribution in [0.3, 0.4) is 0 Å². The van der Waals surface area contributed by atoms with Crippen molar-refractivity contribution in [2.75, 3.05) is 0 Å². The molecule has 0 atom stereocenters. The third-order valence-electron chi connectivity index (χ3n) is 0.489. The number of rotatable bonds is 3. The van der Waals surface area contributed by atoms with E-state index in [0.29, 0.717) is 6.42 Å². The molecule has 0 aliphatic heterocycles. The van der Waals surface area contributed by atoms with Crippen molar-refractivity contribution < 1.29 is 35.8 Å². The summed E-state index contributed by atoms with van der Waals surface area (Å²) in [5.74, 6) is 0. The predicted molar refractivity (Wildman–Crippen MR) is 26.6 cm³/mol. The van der Waals surface area contributed by atoms with E-state index >= 15 is 0 Å². The number of carbonyl (C=O) groups excluding carboxylic acids is 1. The molecule has 36 valence electrons. The normalized spacial score (nSPS) is 6.29. The molecule has 0 aliphatic carbocycles. The summed E-state index contributed by atoms with van der Waals surface area (Å²) in [6, 6.07) is 0. The second-order valence-corrected chi connectivity index (χ2v) is 1.03. The molecule has 0 aliphatic rings. The van der Waals surface area contributed by atoms with E-state index in [2.05, 4.69) is 6.58 Å². The Morgan fingerprint density at radius 1 is 1.57 bits per heavy atom. The van der Waals surface area contributed by atoms with Crippen LogP contribution in [0.4, 0.5) is 0 Å². The predicted octanol–water partition coefficient (Wildman–Crippen LogP) is -1.73. The van der Waals surface area contributed by atoms with Gasteiger partial charge < -0.3 is 6.22 Å². The number of allylic oxidation sites excluding steroid dienone is 1. The summed E-state index contributed by atoms with van der Waals surface area (Å²) in [6.07, 6.45) is 4.04. The first-order chi connectivity index (χ1) is 2.91. The van der Waals surface area contributed by atoms with Gasteiger partial charge in [0.2, 0.25) is 0 Å². The average molecular weight is 108 g/mol. The summed E-state index contributed by atoms with van der Waals surface area (Å²) in [7, 11) is 0. The molecule has 0 N–H and O–H groups in total. The van der Waals surface area contributed by atoms with Crippen molar-refractivity contribution in [1.29, 1.82) is 0 Å². The van der Waals surface area contributed by atoms with Gasteiger partial charge in [0.15, 0.2) is 0 Å². The zero-order valence-electron chi connectivity index (χ0n) is 5.68. The van der Waals surface area contributed by atoms with E-state index in [1.165, 1.54) is 0 Å². The zero-order valence-corrected chi connectivity index (χ0v) is 6.68. The quantitative estimate of drug-likeness (QED) is 0.182. The van der Waals surface area contributed by atoms with Gasteiger partial charge in [0, 0.05) is 6.42 Å². The van der Waals surface area contributed by atoms with E-state index in [1.54, 1.807) is 6.08 Å². The van der Waals surface area contributed by atoms with E-state index in [0.717, 1.165) is 12.7 Å². The fourth-order valence-electron chi connectivity index (χ4n) is 0.186. The summed E-state index contributed by atoms with van der Waals surface area (Å²) in [5, 5.41) is 0. The fourth-order valence-corrected chi connectivity index (χ4v) is 0.186. The second-order valence-electron chi connectivity index (χ2n) is 1.03. The van der Waals surface area contributed by atoms with Crippen molar-refractivity contribution in [1.82, 2.24) is 0 Å². The van der Waals surface area contributed by atoms with Crippen molar-refractivity contribution in [2.45, 2.75) is 12.8 Å². The summed E-state index contributed by atoms with van der Waals surface area (Å²) in [6.45, 7) is 3.44. The Kier molecular flexibility index (Phi) is 14.3. The topological polar surface area (TPSA) is 17.1 Å². The van der Waals surface area contributed by atoms with Crippen LogP contribution in [-0.2, 0) is 4.79 Å². The minimum absolute atomic E-state index is 0. The zero-order chi connectivity index (χ0) is 4.83. The minimum atomic E-state index is 0. The van der Waals surface area contributed by atoms with Crippen molar-refractivity contribution in [3.63, 3.8) is 0 Å². The Morgan fingerprint density at radius 3 is 2.29 bits per heavy atom. The molecule has 0 heterocycles. The molecule has 0 radical (unpaired) electrons. The van der Waals surface area contributed by atoms with Crippen molar-refractivity contribution in [2.24, 2.45) is 0 Å². The van der Waals surface area contributed by atoms with Crippen LogP contribution < -0.4 is 29.6 Å². The van der Waals surface area contributed by atoms with Gasteiger partial charge in [0.1, 0.15) is 6.29 Å². The summed E-state index contributed by atoms with van der Waals surface area (Å²) >= 11 is 0. The van der Waals surface area contributed by atoms with Gasteiger partial charge in [-0.05, 0) is 6.42 Å². The van der Waals surface area contributed by atoms with Gasteiger partial charge >= 0.3 is 29.6 Å². The molecule has 0 spiro atoms. The molecule has 7 heavy (non-hydrogen) atoms. The van der Waals surface area contributed by atoms with Crippen molar-refractivity contribution >= 4 is 6.29 Å². The third-order valence-corrected chi connectivity index (χ3v) is 0.489. The maximum atomic E-state index is 9.52. The van der Waals surface area contributed by atoms with Crippen molar-refractivity contribution in [3.05, 3.63) is 12.7 Å². The first kappa shape index (κ1) is 10.4. The Morgan fingerprint density at radius 2 is 2.14 bits per heavy atom. The SMILES string of the molecule is C=CCCC=O.[H-].[Na+]. The van der Waals surface area contributed by atoms with Crippen LogP contribution in [0, 0.1) is 0 Å². The summed E-state index contributed by atoms with van der Waals surface area (Å²) < 4.78 is 0. The van der Waals surface area contributed by atoms with Crippen LogP contribution in [0.5, 0.6) is 0 Å². The Bertz CT molecular complexity index is 48.4. The molecule has 0 unspecified atom stereocenters. The Balaban J connectivity index is -0.000000125. The number of hydrogen-bond acceptors (Lipinski definition) is 1. The van der Waals surface area contributed by atoms with E-state index in [-0.39, 0.29) is 31.0 Å². The van der Waals surface area contributed by atoms with Crippen LogP contribution in [0.25, 0.3) is 0 Å². The fraction of sp³-hybridized carbons (Fsp3) is 0.400. The third kappa shape index (κ3) is 10.7. The Labute approximate surface area is 67.6 Å². The van der Waals surface area contributed by atoms with E-state index in [1.807, 2.05) is 0 Å². The van der Waals surface area contributed by atoms with Crippen LogP contribution in [-0.4, -0.2) is 6.29 Å². The standard InChI is InChI=1S/C5H8O.Na.H/c1-2-3-4-5-6;;/h2,5H,1,3-4H2;;/q;+1;-1. The van der Waals surface area contributed by atoms with Crippen LogP contribution in [0.15, 0.2) is 12.7 Å². The molecule has 2 heteroatoms. The molecular weight excluding hydrogens is 99.0 g/mol. The van der Waals surface area contributed by atoms with Gasteiger partial charge in [-0.3, -0.25) is 0 Å². The van der Waals surface area contributed by atoms with Crippen molar-refractivity contribution in [3.8, 4) is 0 Å². The maximum Gasteiger partial charge on any atom is 1.00 e. The van der Waals surface area contributed by atoms with Gasteiger partial charge in [-0.25, -0.2) is 0 Å². The molecule has 0 saturated carbocycles. The average Bonchev–Trinajstić information content (AvgIpc) is 1.61. The number of carbonyl (C=O) groups is 1. The molecule has 0 rings (SSSR count).